The lowest BCUT2D eigenvalue weighted by Gasteiger charge is -2.11. The first-order valence-corrected chi connectivity index (χ1v) is 7.25. The molecule has 0 atom stereocenters. The normalized spacial score (nSPS) is 11.5. The molecule has 1 heterocycles. The second-order valence-electron chi connectivity index (χ2n) is 5.14. The Kier molecular flexibility index (Phi) is 5.05. The van der Waals surface area contributed by atoms with Crippen molar-refractivity contribution in [2.75, 3.05) is 13.2 Å². The number of fused-ring (bicyclic) bond motifs is 1. The lowest BCUT2D eigenvalue weighted by molar-refractivity contribution is -0.137. The third-order valence-electron chi connectivity index (χ3n) is 3.36. The van der Waals surface area contributed by atoms with Gasteiger partial charge in [-0.15, -0.1) is 0 Å². The standard InChI is InChI=1S/C17H19NO5/c1-4-22-14-7-15-13(11(3)9-23-15)6-12(14)10(2)5-16(19)18-8-17(20)21/h5-7,9H,4,8H2,1-3H3,(H,18,19)(H,20,21)/b10-5+. The van der Waals surface area contributed by atoms with Crippen LogP contribution < -0.4 is 10.1 Å². The van der Waals surface area contributed by atoms with Crippen molar-refractivity contribution >= 4 is 28.4 Å². The average Bonchev–Trinajstić information content (AvgIpc) is 2.85. The second-order valence-corrected chi connectivity index (χ2v) is 5.14. The van der Waals surface area contributed by atoms with Gasteiger partial charge < -0.3 is 19.6 Å². The van der Waals surface area contributed by atoms with Crippen molar-refractivity contribution < 1.29 is 23.8 Å². The molecular formula is C17H19NO5. The maximum atomic E-state index is 11.8. The molecule has 2 aromatic rings. The van der Waals surface area contributed by atoms with Crippen molar-refractivity contribution in [1.29, 1.82) is 0 Å². The van der Waals surface area contributed by atoms with Crippen LogP contribution in [0.15, 0.2) is 28.9 Å². The zero-order chi connectivity index (χ0) is 17.0. The van der Waals surface area contributed by atoms with E-state index in [0.717, 1.165) is 22.1 Å². The lowest BCUT2D eigenvalue weighted by atomic mass is 10.0. The molecule has 1 aromatic heterocycles. The molecule has 0 aliphatic rings. The summed E-state index contributed by atoms with van der Waals surface area (Å²) in [7, 11) is 0. The Labute approximate surface area is 133 Å². The molecule has 0 aliphatic heterocycles. The maximum Gasteiger partial charge on any atom is 0.322 e. The van der Waals surface area contributed by atoms with Crippen molar-refractivity contribution in [2.45, 2.75) is 20.8 Å². The predicted octanol–water partition coefficient (Wildman–Crippen LogP) is 2.74. The first kappa shape index (κ1) is 16.6. The number of nitrogens with one attached hydrogen (secondary N) is 1. The third kappa shape index (κ3) is 3.91. The van der Waals surface area contributed by atoms with Gasteiger partial charge in [0.15, 0.2) is 0 Å². The molecule has 6 heteroatoms. The van der Waals surface area contributed by atoms with Crippen LogP contribution >= 0.6 is 0 Å². The van der Waals surface area contributed by atoms with E-state index in [9.17, 15) is 9.59 Å². The second kappa shape index (κ2) is 7.00. The van der Waals surface area contributed by atoms with E-state index in [-0.39, 0.29) is 0 Å². The van der Waals surface area contributed by atoms with Gasteiger partial charge in [0.2, 0.25) is 5.91 Å². The van der Waals surface area contributed by atoms with Gasteiger partial charge in [0, 0.05) is 23.1 Å². The Hall–Kier alpha value is -2.76. The predicted molar refractivity (Wildman–Crippen MR) is 86.4 cm³/mol. The summed E-state index contributed by atoms with van der Waals surface area (Å²) in [5.41, 5.74) is 3.17. The monoisotopic (exact) mass is 317 g/mol. The van der Waals surface area contributed by atoms with E-state index in [0.29, 0.717) is 17.9 Å². The molecule has 0 aliphatic carbocycles. The number of hydrogen-bond acceptors (Lipinski definition) is 4. The Morgan fingerprint density at radius 1 is 1.39 bits per heavy atom. The van der Waals surface area contributed by atoms with Gasteiger partial charge in [0.05, 0.1) is 12.9 Å². The van der Waals surface area contributed by atoms with Crippen molar-refractivity contribution in [3.05, 3.63) is 35.6 Å². The fourth-order valence-electron chi connectivity index (χ4n) is 2.25. The van der Waals surface area contributed by atoms with Crippen molar-refractivity contribution in [3.63, 3.8) is 0 Å². The molecule has 0 bridgehead atoms. The molecule has 1 aromatic carbocycles. The van der Waals surface area contributed by atoms with E-state index in [1.54, 1.807) is 19.3 Å². The molecule has 0 saturated heterocycles. The van der Waals surface area contributed by atoms with Crippen LogP contribution in [-0.4, -0.2) is 30.1 Å². The van der Waals surface area contributed by atoms with Crippen LogP contribution in [0.3, 0.4) is 0 Å². The van der Waals surface area contributed by atoms with Gasteiger partial charge in [-0.05, 0) is 38.0 Å². The first-order chi connectivity index (χ1) is 10.9. The van der Waals surface area contributed by atoms with Crippen LogP contribution in [-0.2, 0) is 9.59 Å². The topological polar surface area (TPSA) is 88.8 Å². The molecule has 122 valence electrons. The summed E-state index contributed by atoms with van der Waals surface area (Å²) < 4.78 is 11.1. The number of benzene rings is 1. The smallest absolute Gasteiger partial charge is 0.322 e. The maximum absolute atomic E-state index is 11.8. The van der Waals surface area contributed by atoms with E-state index < -0.39 is 18.4 Å². The highest BCUT2D eigenvalue weighted by Gasteiger charge is 2.13. The summed E-state index contributed by atoms with van der Waals surface area (Å²) in [5.74, 6) is -0.930. The van der Waals surface area contributed by atoms with Gasteiger partial charge in [-0.1, -0.05) is 0 Å². The summed E-state index contributed by atoms with van der Waals surface area (Å²) >= 11 is 0. The Morgan fingerprint density at radius 2 is 2.13 bits per heavy atom. The summed E-state index contributed by atoms with van der Waals surface area (Å²) in [6, 6.07) is 3.71. The number of amides is 1. The van der Waals surface area contributed by atoms with E-state index in [4.69, 9.17) is 14.3 Å². The number of furan rings is 1. The molecule has 0 saturated carbocycles. The van der Waals surface area contributed by atoms with Gasteiger partial charge in [0.1, 0.15) is 17.9 Å². The van der Waals surface area contributed by atoms with Crippen LogP contribution in [0.1, 0.15) is 25.0 Å². The molecule has 1 amide bonds. The number of allylic oxidation sites excluding steroid dienone is 1. The molecule has 2 rings (SSSR count). The summed E-state index contributed by atoms with van der Waals surface area (Å²) in [4.78, 5) is 22.3. The first-order valence-electron chi connectivity index (χ1n) is 7.25. The molecule has 6 nitrogen and oxygen atoms in total. The van der Waals surface area contributed by atoms with Crippen molar-refractivity contribution in [3.8, 4) is 5.75 Å². The SMILES string of the molecule is CCOc1cc2occ(C)c2cc1/C(C)=C/C(=O)NCC(=O)O. The summed E-state index contributed by atoms with van der Waals surface area (Å²) in [6.45, 7) is 5.66. The van der Waals surface area contributed by atoms with E-state index >= 15 is 0 Å². The molecule has 0 radical (unpaired) electrons. The number of aryl methyl sites for hydroxylation is 1. The van der Waals surface area contributed by atoms with E-state index in [2.05, 4.69) is 5.32 Å². The lowest BCUT2D eigenvalue weighted by Crippen LogP contribution is -2.27. The van der Waals surface area contributed by atoms with Gasteiger partial charge in [-0.3, -0.25) is 9.59 Å². The molecule has 0 unspecified atom stereocenters. The molecule has 2 N–H and O–H groups in total. The van der Waals surface area contributed by atoms with Gasteiger partial charge in [-0.25, -0.2) is 0 Å². The summed E-state index contributed by atoms with van der Waals surface area (Å²) in [5, 5.41) is 11.8. The number of carbonyl (C=O) groups is 2. The number of carboxylic acids is 1. The van der Waals surface area contributed by atoms with Gasteiger partial charge >= 0.3 is 5.97 Å². The van der Waals surface area contributed by atoms with Crippen molar-refractivity contribution in [1.82, 2.24) is 5.32 Å². The van der Waals surface area contributed by atoms with Crippen LogP contribution in [0.5, 0.6) is 5.75 Å². The number of ether oxygens (including phenoxy) is 1. The highest BCUT2D eigenvalue weighted by Crippen LogP contribution is 2.33. The Balaban J connectivity index is 2.38. The van der Waals surface area contributed by atoms with Gasteiger partial charge in [-0.2, -0.15) is 0 Å². The highest BCUT2D eigenvalue weighted by molar-refractivity contribution is 5.98. The average molecular weight is 317 g/mol. The number of hydrogen-bond donors (Lipinski definition) is 2. The third-order valence-corrected chi connectivity index (χ3v) is 3.36. The summed E-state index contributed by atoms with van der Waals surface area (Å²) in [6.07, 6.45) is 3.03. The van der Waals surface area contributed by atoms with E-state index in [1.165, 1.54) is 6.08 Å². The number of carbonyl (C=O) groups excluding carboxylic acids is 1. The Bertz CT molecular complexity index is 773. The van der Waals surface area contributed by atoms with Gasteiger partial charge in [0.25, 0.3) is 0 Å². The van der Waals surface area contributed by atoms with Crippen LogP contribution in [0.25, 0.3) is 16.5 Å². The minimum Gasteiger partial charge on any atom is -0.493 e. The number of carboxylic acid groups (broad SMARTS) is 1. The molecule has 0 spiro atoms. The fourth-order valence-corrected chi connectivity index (χ4v) is 2.25. The van der Waals surface area contributed by atoms with Crippen LogP contribution in [0.4, 0.5) is 0 Å². The minimum atomic E-state index is -1.09. The largest absolute Gasteiger partial charge is 0.493 e. The van der Waals surface area contributed by atoms with E-state index in [1.807, 2.05) is 19.9 Å². The molecule has 0 fully saturated rings. The molecular weight excluding hydrogens is 298 g/mol. The van der Waals surface area contributed by atoms with Crippen molar-refractivity contribution in [2.24, 2.45) is 0 Å². The van der Waals surface area contributed by atoms with Crippen LogP contribution in [0.2, 0.25) is 0 Å². The zero-order valence-corrected chi connectivity index (χ0v) is 13.3. The quantitative estimate of drug-likeness (QED) is 0.800. The minimum absolute atomic E-state index is 0.416. The Morgan fingerprint density at radius 3 is 2.78 bits per heavy atom. The fraction of sp³-hybridized carbons (Fsp3) is 0.294. The zero-order valence-electron chi connectivity index (χ0n) is 13.3. The highest BCUT2D eigenvalue weighted by atomic mass is 16.5. The number of rotatable bonds is 6. The van der Waals surface area contributed by atoms with Crippen LogP contribution in [0, 0.1) is 6.92 Å². The molecule has 23 heavy (non-hydrogen) atoms. The number of aliphatic carboxylic acids is 1.